The molecular formula is C8H15NO. The number of nitrogens with zero attached hydrogens (tertiary/aromatic N) is 1. The fourth-order valence-electron chi connectivity index (χ4n) is 0.755. The molecule has 2 heteroatoms. The van der Waals surface area contributed by atoms with Crippen molar-refractivity contribution in [3.63, 3.8) is 0 Å². The number of rotatable bonds is 2. The highest BCUT2D eigenvalue weighted by Crippen LogP contribution is 2.27. The van der Waals surface area contributed by atoms with E-state index in [1.54, 1.807) is 0 Å². The molecule has 1 atom stereocenters. The maximum atomic E-state index is 8.84. The molecular weight excluding hydrogens is 126 g/mol. The zero-order chi connectivity index (χ0) is 8.20. The average molecular weight is 141 g/mol. The largest absolute Gasteiger partial charge is 0.396 e. The molecule has 0 fully saturated rings. The second kappa shape index (κ2) is 3.58. The highest BCUT2D eigenvalue weighted by Gasteiger charge is 2.22. The molecule has 0 saturated heterocycles. The zero-order valence-electron chi connectivity index (χ0n) is 6.89. The number of aliphatic hydroxyl groups is 1. The van der Waals surface area contributed by atoms with E-state index in [2.05, 4.69) is 6.07 Å². The third-order valence-electron chi connectivity index (χ3n) is 1.78. The molecule has 0 bridgehead atoms. The van der Waals surface area contributed by atoms with Crippen LogP contribution in [0.1, 0.15) is 27.2 Å². The van der Waals surface area contributed by atoms with Crippen LogP contribution >= 0.6 is 0 Å². The van der Waals surface area contributed by atoms with E-state index in [0.717, 1.165) is 0 Å². The van der Waals surface area contributed by atoms with Crippen LogP contribution in [0.3, 0.4) is 0 Å². The summed E-state index contributed by atoms with van der Waals surface area (Å²) in [6.07, 6.45) is 0.444. The molecule has 0 spiro atoms. The minimum absolute atomic E-state index is 0.0461. The van der Waals surface area contributed by atoms with Crippen molar-refractivity contribution in [3.05, 3.63) is 0 Å². The first kappa shape index (κ1) is 9.45. The first-order valence-corrected chi connectivity index (χ1v) is 3.50. The molecule has 2 nitrogen and oxygen atoms in total. The molecule has 0 aliphatic rings. The predicted molar refractivity (Wildman–Crippen MR) is 40.3 cm³/mol. The number of hydrogen-bond donors (Lipinski definition) is 1. The first-order chi connectivity index (χ1) is 4.52. The van der Waals surface area contributed by atoms with Crippen LogP contribution in [-0.4, -0.2) is 11.7 Å². The van der Waals surface area contributed by atoms with Gasteiger partial charge in [0.1, 0.15) is 0 Å². The molecule has 0 aromatic rings. The topological polar surface area (TPSA) is 44.0 Å². The van der Waals surface area contributed by atoms with Gasteiger partial charge in [-0.2, -0.15) is 5.26 Å². The Bertz CT molecular complexity index is 129. The summed E-state index contributed by atoms with van der Waals surface area (Å²) in [6.45, 7) is 6.21. The van der Waals surface area contributed by atoms with E-state index in [9.17, 15) is 0 Å². The molecule has 0 saturated carbocycles. The van der Waals surface area contributed by atoms with Crippen molar-refractivity contribution in [2.24, 2.45) is 11.3 Å². The Labute approximate surface area is 62.5 Å². The van der Waals surface area contributed by atoms with Gasteiger partial charge in [0.2, 0.25) is 0 Å². The highest BCUT2D eigenvalue weighted by molar-refractivity contribution is 4.82. The number of nitriles is 1. The van der Waals surface area contributed by atoms with Gasteiger partial charge < -0.3 is 5.11 Å². The van der Waals surface area contributed by atoms with Crippen molar-refractivity contribution in [1.29, 1.82) is 5.26 Å². The summed E-state index contributed by atoms with van der Waals surface area (Å²) >= 11 is 0. The summed E-state index contributed by atoms with van der Waals surface area (Å²) < 4.78 is 0. The third kappa shape index (κ3) is 2.84. The lowest BCUT2D eigenvalue weighted by Crippen LogP contribution is -2.23. The van der Waals surface area contributed by atoms with Crippen molar-refractivity contribution in [3.8, 4) is 6.07 Å². The molecule has 1 N–H and O–H groups in total. The highest BCUT2D eigenvalue weighted by atomic mass is 16.3. The van der Waals surface area contributed by atoms with Gasteiger partial charge in [-0.1, -0.05) is 20.8 Å². The van der Waals surface area contributed by atoms with Gasteiger partial charge in [0.05, 0.1) is 6.07 Å². The van der Waals surface area contributed by atoms with Crippen molar-refractivity contribution in [2.45, 2.75) is 27.2 Å². The summed E-state index contributed by atoms with van der Waals surface area (Å²) in [6, 6.07) is 2.07. The molecule has 0 rings (SSSR count). The van der Waals surface area contributed by atoms with Gasteiger partial charge in [-0.05, 0) is 11.3 Å². The summed E-state index contributed by atoms with van der Waals surface area (Å²) in [4.78, 5) is 0. The molecule has 0 aromatic heterocycles. The molecule has 58 valence electrons. The van der Waals surface area contributed by atoms with E-state index in [1.807, 2.05) is 20.8 Å². The van der Waals surface area contributed by atoms with E-state index < -0.39 is 0 Å². The summed E-state index contributed by atoms with van der Waals surface area (Å²) in [7, 11) is 0. The monoisotopic (exact) mass is 141 g/mol. The Kier molecular flexibility index (Phi) is 3.38. The van der Waals surface area contributed by atoms with Crippen molar-refractivity contribution in [1.82, 2.24) is 0 Å². The lowest BCUT2D eigenvalue weighted by Gasteiger charge is -2.26. The van der Waals surface area contributed by atoms with Gasteiger partial charge in [0, 0.05) is 13.0 Å². The van der Waals surface area contributed by atoms with Crippen LogP contribution in [-0.2, 0) is 0 Å². The minimum Gasteiger partial charge on any atom is -0.396 e. The maximum Gasteiger partial charge on any atom is 0.0625 e. The van der Waals surface area contributed by atoms with E-state index in [1.165, 1.54) is 0 Å². The Morgan fingerprint density at radius 2 is 2.00 bits per heavy atom. The van der Waals surface area contributed by atoms with Crippen LogP contribution in [0.4, 0.5) is 0 Å². The van der Waals surface area contributed by atoms with Gasteiger partial charge in [-0.3, -0.25) is 0 Å². The zero-order valence-corrected chi connectivity index (χ0v) is 6.89. The van der Waals surface area contributed by atoms with Gasteiger partial charge >= 0.3 is 0 Å². The standard InChI is InChI=1S/C8H15NO/c1-8(2,3)7(6-10)4-5-9/h7,10H,4,6H2,1-3H3. The second-order valence-electron chi connectivity index (χ2n) is 3.61. The van der Waals surface area contributed by atoms with Gasteiger partial charge in [-0.15, -0.1) is 0 Å². The summed E-state index contributed by atoms with van der Waals surface area (Å²) in [5, 5.41) is 17.2. The lowest BCUT2D eigenvalue weighted by molar-refractivity contribution is 0.134. The van der Waals surface area contributed by atoms with E-state index >= 15 is 0 Å². The second-order valence-corrected chi connectivity index (χ2v) is 3.61. The summed E-state index contributed by atoms with van der Waals surface area (Å²) in [5.41, 5.74) is 0.0461. The Morgan fingerprint density at radius 1 is 1.50 bits per heavy atom. The predicted octanol–water partition coefficient (Wildman–Crippen LogP) is 1.55. The summed E-state index contributed by atoms with van der Waals surface area (Å²) in [5.74, 6) is 0.109. The lowest BCUT2D eigenvalue weighted by atomic mass is 9.80. The van der Waals surface area contributed by atoms with Gasteiger partial charge in [0.15, 0.2) is 0 Å². The van der Waals surface area contributed by atoms with Crippen molar-refractivity contribution < 1.29 is 5.11 Å². The van der Waals surface area contributed by atoms with Crippen LogP contribution in [0.5, 0.6) is 0 Å². The van der Waals surface area contributed by atoms with Crippen LogP contribution < -0.4 is 0 Å². The van der Waals surface area contributed by atoms with Crippen molar-refractivity contribution >= 4 is 0 Å². The third-order valence-corrected chi connectivity index (χ3v) is 1.78. The average Bonchev–Trinajstić information content (AvgIpc) is 1.80. The molecule has 1 unspecified atom stereocenters. The fourth-order valence-corrected chi connectivity index (χ4v) is 0.755. The van der Waals surface area contributed by atoms with Gasteiger partial charge in [0.25, 0.3) is 0 Å². The fraction of sp³-hybridized carbons (Fsp3) is 0.875. The van der Waals surface area contributed by atoms with Crippen LogP contribution in [0.15, 0.2) is 0 Å². The number of aliphatic hydroxyl groups excluding tert-OH is 1. The molecule has 10 heavy (non-hydrogen) atoms. The van der Waals surface area contributed by atoms with E-state index in [0.29, 0.717) is 6.42 Å². The normalized spacial score (nSPS) is 14.3. The molecule has 0 aromatic carbocycles. The Hall–Kier alpha value is -0.550. The molecule has 0 radical (unpaired) electrons. The Morgan fingerprint density at radius 3 is 2.10 bits per heavy atom. The first-order valence-electron chi connectivity index (χ1n) is 3.50. The molecule has 0 aliphatic carbocycles. The smallest absolute Gasteiger partial charge is 0.0625 e. The number of hydrogen-bond acceptors (Lipinski definition) is 2. The maximum absolute atomic E-state index is 8.84. The van der Waals surface area contributed by atoms with Crippen LogP contribution in [0.2, 0.25) is 0 Å². The quantitative estimate of drug-likeness (QED) is 0.634. The molecule has 0 heterocycles. The minimum atomic E-state index is 0.0461. The van der Waals surface area contributed by atoms with Crippen molar-refractivity contribution in [2.75, 3.05) is 6.61 Å². The van der Waals surface area contributed by atoms with Gasteiger partial charge in [-0.25, -0.2) is 0 Å². The molecule has 0 amide bonds. The van der Waals surface area contributed by atoms with Crippen LogP contribution in [0, 0.1) is 22.7 Å². The van der Waals surface area contributed by atoms with E-state index in [4.69, 9.17) is 10.4 Å². The molecule has 0 aliphatic heterocycles. The SMILES string of the molecule is CC(C)(C)C(CO)CC#N. The van der Waals surface area contributed by atoms with E-state index in [-0.39, 0.29) is 17.9 Å². The van der Waals surface area contributed by atoms with Crippen LogP contribution in [0.25, 0.3) is 0 Å². The Balaban J connectivity index is 3.97.